The molecule has 3 N–H and O–H groups in total. The number of nitrogens with zero attached hydrogens (tertiary/aromatic N) is 1. The summed E-state index contributed by atoms with van der Waals surface area (Å²) in [5.41, 5.74) is 2.69. The Morgan fingerprint density at radius 2 is 1.91 bits per heavy atom. The number of hydrogen-bond acceptors (Lipinski definition) is 2. The van der Waals surface area contributed by atoms with E-state index < -0.39 is 0 Å². The van der Waals surface area contributed by atoms with Crippen LogP contribution in [0.2, 0.25) is 0 Å². The van der Waals surface area contributed by atoms with Gasteiger partial charge in [0, 0.05) is 10.9 Å². The minimum atomic E-state index is -0.352. The Balaban J connectivity index is 1.53. The smallest absolute Gasteiger partial charge is 0.268 e. The summed E-state index contributed by atoms with van der Waals surface area (Å²) in [7, 11) is 0. The predicted octanol–water partition coefficient (Wildman–Crippen LogP) is 3.11. The van der Waals surface area contributed by atoms with E-state index in [1.54, 1.807) is 12.1 Å². The van der Waals surface area contributed by atoms with Crippen LogP contribution in [0.1, 0.15) is 16.3 Å². The molecule has 0 saturated heterocycles. The monoisotopic (exact) mass is 308 g/mol. The van der Waals surface area contributed by atoms with Crippen molar-refractivity contribution in [1.29, 1.82) is 0 Å². The lowest BCUT2D eigenvalue weighted by molar-refractivity contribution is 0.0946. The Hall–Kier alpha value is -3.15. The average Bonchev–Trinajstić information content (AvgIpc) is 3.17. The molecule has 0 radical (unpaired) electrons. The summed E-state index contributed by atoms with van der Waals surface area (Å²) >= 11 is 0. The van der Waals surface area contributed by atoms with Crippen LogP contribution in [-0.4, -0.2) is 20.9 Å². The zero-order valence-corrected chi connectivity index (χ0v) is 12.1. The van der Waals surface area contributed by atoms with Crippen molar-refractivity contribution in [1.82, 2.24) is 20.3 Å². The molecule has 0 fully saturated rings. The minimum absolute atomic E-state index is 0.269. The molecule has 0 aliphatic heterocycles. The minimum Gasteiger partial charge on any atom is -0.350 e. The van der Waals surface area contributed by atoms with Gasteiger partial charge >= 0.3 is 0 Å². The normalized spacial score (nSPS) is 11.2. The number of carbonyl (C=O) groups is 1. The maximum Gasteiger partial charge on any atom is 0.268 e. The van der Waals surface area contributed by atoms with E-state index in [9.17, 15) is 9.18 Å². The summed E-state index contributed by atoms with van der Waals surface area (Å²) in [6.07, 6.45) is 0. The highest BCUT2D eigenvalue weighted by molar-refractivity contribution is 5.98. The van der Waals surface area contributed by atoms with Gasteiger partial charge in [-0.2, -0.15) is 0 Å². The third-order valence-electron chi connectivity index (χ3n) is 3.71. The summed E-state index contributed by atoms with van der Waals surface area (Å²) < 4.78 is 13.7. The number of aromatic nitrogens is 3. The lowest BCUT2D eigenvalue weighted by atomic mass is 10.2. The lowest BCUT2D eigenvalue weighted by Crippen LogP contribution is -2.23. The van der Waals surface area contributed by atoms with Gasteiger partial charge in [-0.05, 0) is 30.3 Å². The molecule has 4 rings (SSSR count). The maximum absolute atomic E-state index is 13.7. The van der Waals surface area contributed by atoms with Crippen LogP contribution in [0.5, 0.6) is 0 Å². The molecular weight excluding hydrogens is 295 g/mol. The number of para-hydroxylation sites is 2. The number of carbonyl (C=O) groups excluding carboxylic acids is 1. The van der Waals surface area contributed by atoms with Gasteiger partial charge in [0.1, 0.15) is 17.3 Å². The van der Waals surface area contributed by atoms with Crippen LogP contribution in [0.15, 0.2) is 48.5 Å². The highest BCUT2D eigenvalue weighted by atomic mass is 19.1. The zero-order chi connectivity index (χ0) is 15.8. The molecule has 0 unspecified atom stereocenters. The highest BCUT2D eigenvalue weighted by Gasteiger charge is 2.12. The van der Waals surface area contributed by atoms with Gasteiger partial charge in [-0.15, -0.1) is 0 Å². The lowest BCUT2D eigenvalue weighted by Gasteiger charge is -2.00. The van der Waals surface area contributed by atoms with Gasteiger partial charge in [0.2, 0.25) is 0 Å². The second-order valence-electron chi connectivity index (χ2n) is 5.27. The molecule has 0 aliphatic rings. The van der Waals surface area contributed by atoms with Gasteiger partial charge in [-0.25, -0.2) is 9.37 Å². The Kier molecular flexibility index (Phi) is 3.08. The van der Waals surface area contributed by atoms with Crippen LogP contribution >= 0.6 is 0 Å². The van der Waals surface area contributed by atoms with E-state index in [1.165, 1.54) is 12.1 Å². The van der Waals surface area contributed by atoms with E-state index in [2.05, 4.69) is 20.3 Å². The van der Waals surface area contributed by atoms with E-state index in [0.717, 1.165) is 11.0 Å². The van der Waals surface area contributed by atoms with Crippen LogP contribution < -0.4 is 5.32 Å². The van der Waals surface area contributed by atoms with Crippen molar-refractivity contribution >= 4 is 27.8 Å². The Bertz CT molecular complexity index is 985. The molecule has 0 atom stereocenters. The van der Waals surface area contributed by atoms with E-state index in [1.807, 2.05) is 24.3 Å². The van der Waals surface area contributed by atoms with Gasteiger partial charge < -0.3 is 15.3 Å². The van der Waals surface area contributed by atoms with Crippen LogP contribution in [0.4, 0.5) is 4.39 Å². The Labute approximate surface area is 130 Å². The first-order chi connectivity index (χ1) is 11.2. The first-order valence-corrected chi connectivity index (χ1v) is 7.20. The largest absolute Gasteiger partial charge is 0.350 e. The topological polar surface area (TPSA) is 73.6 Å². The second kappa shape index (κ2) is 5.24. The van der Waals surface area contributed by atoms with E-state index >= 15 is 0 Å². The fourth-order valence-electron chi connectivity index (χ4n) is 2.59. The van der Waals surface area contributed by atoms with Crippen molar-refractivity contribution in [3.63, 3.8) is 0 Å². The number of benzene rings is 2. The van der Waals surface area contributed by atoms with Crippen molar-refractivity contribution in [2.75, 3.05) is 0 Å². The third-order valence-corrected chi connectivity index (χ3v) is 3.71. The van der Waals surface area contributed by atoms with Crippen molar-refractivity contribution < 1.29 is 9.18 Å². The van der Waals surface area contributed by atoms with Crippen molar-refractivity contribution in [3.05, 3.63) is 65.9 Å². The molecule has 2 aromatic carbocycles. The van der Waals surface area contributed by atoms with Gasteiger partial charge in [0.05, 0.1) is 17.6 Å². The predicted molar refractivity (Wildman–Crippen MR) is 85.5 cm³/mol. The summed E-state index contributed by atoms with van der Waals surface area (Å²) in [4.78, 5) is 22.7. The molecule has 114 valence electrons. The highest BCUT2D eigenvalue weighted by Crippen LogP contribution is 2.18. The third kappa shape index (κ3) is 2.44. The SMILES string of the molecule is O=C(NCc1nc2ccccc2[nH]1)c1cc2c(F)cccc2[nH]1. The summed E-state index contributed by atoms with van der Waals surface area (Å²) in [5, 5.41) is 3.17. The number of imidazole rings is 1. The summed E-state index contributed by atoms with van der Waals surface area (Å²) in [6, 6.07) is 13.9. The first-order valence-electron chi connectivity index (χ1n) is 7.20. The number of fused-ring (bicyclic) bond motifs is 2. The molecule has 2 aromatic heterocycles. The van der Waals surface area contributed by atoms with E-state index in [0.29, 0.717) is 22.4 Å². The average molecular weight is 308 g/mol. The quantitative estimate of drug-likeness (QED) is 0.544. The number of H-pyrrole nitrogens is 2. The fourth-order valence-corrected chi connectivity index (χ4v) is 2.59. The van der Waals surface area contributed by atoms with Crippen LogP contribution in [0, 0.1) is 5.82 Å². The van der Waals surface area contributed by atoms with Gasteiger partial charge in [-0.3, -0.25) is 4.79 Å². The van der Waals surface area contributed by atoms with Crippen LogP contribution in [0.25, 0.3) is 21.9 Å². The molecule has 0 spiro atoms. The fraction of sp³-hybridized carbons (Fsp3) is 0.0588. The van der Waals surface area contributed by atoms with Crippen molar-refractivity contribution in [3.8, 4) is 0 Å². The number of aromatic amines is 2. The van der Waals surface area contributed by atoms with E-state index in [-0.39, 0.29) is 18.3 Å². The molecule has 2 heterocycles. The zero-order valence-electron chi connectivity index (χ0n) is 12.1. The standard InChI is InChI=1S/C17H13FN4O/c18-11-4-3-7-12-10(11)8-15(20-12)17(23)19-9-16-21-13-5-1-2-6-14(13)22-16/h1-8,20H,9H2,(H,19,23)(H,21,22). The summed E-state index contributed by atoms with van der Waals surface area (Å²) in [6.45, 7) is 0.269. The number of rotatable bonds is 3. The molecular formula is C17H13FN4O. The summed E-state index contributed by atoms with van der Waals surface area (Å²) in [5.74, 6) is 0.0120. The second-order valence-corrected chi connectivity index (χ2v) is 5.27. The van der Waals surface area contributed by atoms with E-state index in [4.69, 9.17) is 0 Å². The molecule has 4 aromatic rings. The molecule has 23 heavy (non-hydrogen) atoms. The number of nitrogens with one attached hydrogen (secondary N) is 3. The molecule has 6 heteroatoms. The van der Waals surface area contributed by atoms with Gasteiger partial charge in [0.15, 0.2) is 0 Å². The van der Waals surface area contributed by atoms with Crippen molar-refractivity contribution in [2.24, 2.45) is 0 Å². The number of hydrogen-bond donors (Lipinski definition) is 3. The molecule has 0 saturated carbocycles. The Morgan fingerprint density at radius 3 is 2.74 bits per heavy atom. The molecule has 1 amide bonds. The number of amides is 1. The molecule has 0 bridgehead atoms. The number of halogens is 1. The maximum atomic E-state index is 13.7. The van der Waals surface area contributed by atoms with Crippen molar-refractivity contribution in [2.45, 2.75) is 6.54 Å². The van der Waals surface area contributed by atoms with Crippen LogP contribution in [-0.2, 0) is 6.54 Å². The Morgan fingerprint density at radius 1 is 1.09 bits per heavy atom. The molecule has 5 nitrogen and oxygen atoms in total. The van der Waals surface area contributed by atoms with Gasteiger partial charge in [0.25, 0.3) is 5.91 Å². The first kappa shape index (κ1) is 13.5. The van der Waals surface area contributed by atoms with Crippen LogP contribution in [0.3, 0.4) is 0 Å². The van der Waals surface area contributed by atoms with Gasteiger partial charge in [-0.1, -0.05) is 18.2 Å². The molecule has 0 aliphatic carbocycles.